The Morgan fingerprint density at radius 2 is 1.67 bits per heavy atom. The van der Waals surface area contributed by atoms with Crippen molar-refractivity contribution in [2.75, 3.05) is 26.2 Å². The average Bonchev–Trinajstić information content (AvgIpc) is 2.73. The van der Waals surface area contributed by atoms with Crippen LogP contribution >= 0.6 is 0 Å². The maximum atomic E-state index is 13.1. The van der Waals surface area contributed by atoms with Crippen molar-refractivity contribution in [3.63, 3.8) is 0 Å². The topological polar surface area (TPSA) is 69.7 Å². The molecule has 2 rings (SSSR count). The summed E-state index contributed by atoms with van der Waals surface area (Å²) >= 11 is 0. The first-order valence-corrected chi connectivity index (χ1v) is 11.3. The zero-order valence-corrected chi connectivity index (χ0v) is 18.9. The molecule has 3 amide bonds. The van der Waals surface area contributed by atoms with Gasteiger partial charge in [0.1, 0.15) is 6.04 Å². The van der Waals surface area contributed by atoms with Crippen molar-refractivity contribution in [1.29, 1.82) is 0 Å². The second-order valence-electron chi connectivity index (χ2n) is 8.53. The first kappa shape index (κ1) is 23.9. The van der Waals surface area contributed by atoms with Crippen molar-refractivity contribution in [2.24, 2.45) is 11.8 Å². The molecule has 1 fully saturated rings. The Morgan fingerprint density at radius 1 is 1.07 bits per heavy atom. The fraction of sp³-hybridized carbons (Fsp3) is 0.625. The summed E-state index contributed by atoms with van der Waals surface area (Å²) in [4.78, 5) is 41.9. The minimum absolute atomic E-state index is 0.00818. The first-order chi connectivity index (χ1) is 14.3. The van der Waals surface area contributed by atoms with E-state index in [2.05, 4.69) is 5.32 Å². The number of nitrogens with one attached hydrogen (secondary N) is 1. The van der Waals surface area contributed by atoms with Crippen LogP contribution < -0.4 is 5.32 Å². The highest BCUT2D eigenvalue weighted by Gasteiger charge is 2.35. The number of amides is 3. The Morgan fingerprint density at radius 3 is 2.20 bits per heavy atom. The molecule has 1 aromatic carbocycles. The number of hydrogen-bond acceptors (Lipinski definition) is 3. The summed E-state index contributed by atoms with van der Waals surface area (Å²) in [6.45, 7) is 10.4. The van der Waals surface area contributed by atoms with E-state index in [9.17, 15) is 14.4 Å². The van der Waals surface area contributed by atoms with E-state index in [-0.39, 0.29) is 29.6 Å². The molecule has 1 aliphatic heterocycles. The fourth-order valence-corrected chi connectivity index (χ4v) is 4.08. The summed E-state index contributed by atoms with van der Waals surface area (Å²) in [6, 6.07) is 9.25. The largest absolute Gasteiger partial charge is 0.344 e. The van der Waals surface area contributed by atoms with Gasteiger partial charge in [0.15, 0.2) is 0 Å². The number of hydrogen-bond donors (Lipinski definition) is 1. The smallest absolute Gasteiger partial charge is 0.245 e. The molecule has 1 aromatic rings. The number of piperidine rings is 1. The molecule has 6 heteroatoms. The summed E-state index contributed by atoms with van der Waals surface area (Å²) < 4.78 is 0. The highest BCUT2D eigenvalue weighted by atomic mass is 16.2. The normalized spacial score (nSPS) is 15.7. The molecular weight excluding hydrogens is 378 g/mol. The Hall–Kier alpha value is -2.37. The van der Waals surface area contributed by atoms with Crippen LogP contribution in [0.3, 0.4) is 0 Å². The molecule has 0 aromatic heterocycles. The number of carbonyl (C=O) groups is 3. The molecule has 1 heterocycles. The van der Waals surface area contributed by atoms with Crippen LogP contribution in [0.25, 0.3) is 0 Å². The van der Waals surface area contributed by atoms with Crippen LogP contribution in [0.4, 0.5) is 0 Å². The third-order valence-corrected chi connectivity index (χ3v) is 5.81. The van der Waals surface area contributed by atoms with Gasteiger partial charge in [-0.15, -0.1) is 0 Å². The predicted molar refractivity (Wildman–Crippen MR) is 119 cm³/mol. The van der Waals surface area contributed by atoms with E-state index in [1.165, 1.54) is 0 Å². The summed E-state index contributed by atoms with van der Waals surface area (Å²) in [5.41, 5.74) is 1.01. The van der Waals surface area contributed by atoms with Gasteiger partial charge in [0.05, 0.1) is 6.42 Å². The molecule has 166 valence electrons. The van der Waals surface area contributed by atoms with Gasteiger partial charge in [-0.1, -0.05) is 44.2 Å². The highest BCUT2D eigenvalue weighted by Crippen LogP contribution is 2.23. The minimum Gasteiger partial charge on any atom is -0.344 e. The molecule has 1 saturated heterocycles. The number of benzene rings is 1. The number of rotatable bonds is 9. The van der Waals surface area contributed by atoms with Crippen molar-refractivity contribution >= 4 is 17.7 Å². The molecule has 0 saturated carbocycles. The van der Waals surface area contributed by atoms with Gasteiger partial charge >= 0.3 is 0 Å². The summed E-state index contributed by atoms with van der Waals surface area (Å²) in [5, 5.41) is 3.02. The lowest BCUT2D eigenvalue weighted by Gasteiger charge is -2.37. The second-order valence-corrected chi connectivity index (χ2v) is 8.53. The van der Waals surface area contributed by atoms with Crippen molar-refractivity contribution in [2.45, 2.75) is 59.4 Å². The number of likely N-dealkylation sites (tertiary alicyclic amines) is 1. The summed E-state index contributed by atoms with van der Waals surface area (Å²) in [6.07, 6.45) is 2.26. The molecule has 0 radical (unpaired) electrons. The zero-order valence-electron chi connectivity index (χ0n) is 18.9. The van der Waals surface area contributed by atoms with E-state index in [1.807, 2.05) is 62.9 Å². The molecule has 1 unspecified atom stereocenters. The van der Waals surface area contributed by atoms with Gasteiger partial charge in [0.25, 0.3) is 0 Å². The molecule has 0 aliphatic carbocycles. The Bertz CT molecular complexity index is 693. The monoisotopic (exact) mass is 415 g/mol. The summed E-state index contributed by atoms with van der Waals surface area (Å²) in [5.74, 6) is 0.334. The Balaban J connectivity index is 2.01. The van der Waals surface area contributed by atoms with Crippen LogP contribution in [-0.2, 0) is 20.8 Å². The van der Waals surface area contributed by atoms with Gasteiger partial charge in [-0.2, -0.15) is 0 Å². The third kappa shape index (κ3) is 6.85. The molecule has 1 atom stereocenters. The highest BCUT2D eigenvalue weighted by molar-refractivity contribution is 5.88. The lowest BCUT2D eigenvalue weighted by atomic mass is 9.87. The van der Waals surface area contributed by atoms with Crippen LogP contribution in [0.15, 0.2) is 30.3 Å². The van der Waals surface area contributed by atoms with Gasteiger partial charge in [-0.25, -0.2) is 0 Å². The quantitative estimate of drug-likeness (QED) is 0.674. The molecule has 6 nitrogen and oxygen atoms in total. The van der Waals surface area contributed by atoms with Gasteiger partial charge in [-0.05, 0) is 44.1 Å². The standard InChI is InChI=1S/C24H37N3O3/c1-5-26(6-2)24(30)23(25-21(28)16-18(3)4)20-12-14-27(15-13-20)22(29)17-19-10-8-7-9-11-19/h7-11,18,20,23H,5-6,12-17H2,1-4H3,(H,25,28). The van der Waals surface area contributed by atoms with Gasteiger partial charge in [0.2, 0.25) is 17.7 Å². The maximum Gasteiger partial charge on any atom is 0.245 e. The van der Waals surface area contributed by atoms with Crippen LogP contribution in [-0.4, -0.2) is 59.7 Å². The Kier molecular flexibility index (Phi) is 9.34. The van der Waals surface area contributed by atoms with Crippen LogP contribution in [0.5, 0.6) is 0 Å². The van der Waals surface area contributed by atoms with Crippen LogP contribution in [0.1, 0.15) is 52.5 Å². The number of carbonyl (C=O) groups excluding carboxylic acids is 3. The van der Waals surface area contributed by atoms with E-state index in [0.29, 0.717) is 39.0 Å². The average molecular weight is 416 g/mol. The molecule has 1 N–H and O–H groups in total. The zero-order chi connectivity index (χ0) is 22.1. The molecule has 0 bridgehead atoms. The van der Waals surface area contributed by atoms with E-state index in [0.717, 1.165) is 18.4 Å². The molecule has 30 heavy (non-hydrogen) atoms. The Labute approximate surface area is 181 Å². The van der Waals surface area contributed by atoms with Gasteiger partial charge in [-0.3, -0.25) is 14.4 Å². The molecular formula is C24H37N3O3. The minimum atomic E-state index is -0.512. The molecule has 1 aliphatic rings. The van der Waals surface area contributed by atoms with Crippen molar-refractivity contribution in [3.8, 4) is 0 Å². The van der Waals surface area contributed by atoms with Crippen molar-refractivity contribution in [1.82, 2.24) is 15.1 Å². The van der Waals surface area contributed by atoms with E-state index >= 15 is 0 Å². The van der Waals surface area contributed by atoms with E-state index < -0.39 is 6.04 Å². The SMILES string of the molecule is CCN(CC)C(=O)C(NC(=O)CC(C)C)C1CCN(C(=O)Cc2ccccc2)CC1. The second kappa shape index (κ2) is 11.7. The fourth-order valence-electron chi connectivity index (χ4n) is 4.08. The number of nitrogens with zero attached hydrogens (tertiary/aromatic N) is 2. The van der Waals surface area contributed by atoms with Crippen molar-refractivity contribution < 1.29 is 14.4 Å². The van der Waals surface area contributed by atoms with Crippen LogP contribution in [0.2, 0.25) is 0 Å². The lowest BCUT2D eigenvalue weighted by molar-refractivity contribution is -0.139. The van der Waals surface area contributed by atoms with Crippen molar-refractivity contribution in [3.05, 3.63) is 35.9 Å². The summed E-state index contributed by atoms with van der Waals surface area (Å²) in [7, 11) is 0. The van der Waals surface area contributed by atoms with E-state index in [4.69, 9.17) is 0 Å². The van der Waals surface area contributed by atoms with E-state index in [1.54, 1.807) is 4.90 Å². The predicted octanol–water partition coefficient (Wildman–Crippen LogP) is 2.87. The first-order valence-electron chi connectivity index (χ1n) is 11.3. The third-order valence-electron chi connectivity index (χ3n) is 5.81. The van der Waals surface area contributed by atoms with Gasteiger partial charge < -0.3 is 15.1 Å². The maximum absolute atomic E-state index is 13.1. The van der Waals surface area contributed by atoms with Gasteiger partial charge in [0, 0.05) is 32.6 Å². The number of likely N-dealkylation sites (N-methyl/N-ethyl adjacent to an activating group) is 1. The molecule has 0 spiro atoms. The van der Waals surface area contributed by atoms with Crippen LogP contribution in [0, 0.1) is 11.8 Å². The lowest BCUT2D eigenvalue weighted by Crippen LogP contribution is -2.55.